The highest BCUT2D eigenvalue weighted by Crippen LogP contribution is 2.20. The van der Waals surface area contributed by atoms with Crippen molar-refractivity contribution in [1.82, 2.24) is 4.72 Å². The fraction of sp³-hybridized carbons (Fsp3) is 0.167. The van der Waals surface area contributed by atoms with Gasteiger partial charge in [-0.25, -0.2) is 13.1 Å². The van der Waals surface area contributed by atoms with Crippen LogP contribution < -0.4 is 9.73 Å². The van der Waals surface area contributed by atoms with Gasteiger partial charge in [-0.15, -0.1) is 0 Å². The van der Waals surface area contributed by atoms with E-state index in [9.17, 15) is 22.8 Å². The van der Waals surface area contributed by atoms with Crippen molar-refractivity contribution in [1.29, 1.82) is 0 Å². The number of carbonyl (C=O) groups excluding carboxylic acids is 3. The average molecular weight is 309 g/mol. The lowest BCUT2D eigenvalue weighted by atomic mass is 10.1. The highest BCUT2D eigenvalue weighted by atomic mass is 32.2. The molecule has 1 aromatic carbocycles. The van der Waals surface area contributed by atoms with Gasteiger partial charge in [-0.1, -0.05) is 0 Å². The van der Waals surface area contributed by atoms with E-state index in [0.29, 0.717) is 0 Å². The molecule has 1 aliphatic rings. The van der Waals surface area contributed by atoms with Gasteiger partial charge in [0.1, 0.15) is 5.71 Å². The summed E-state index contributed by atoms with van der Waals surface area (Å²) in [7, 11) is -2.33. The number of hydrogen-bond acceptors (Lipinski definition) is 6. The number of nitrogens with one attached hydrogen (secondary N) is 1. The average Bonchev–Trinajstić information content (AvgIpc) is 2.49. The van der Waals surface area contributed by atoms with Crippen molar-refractivity contribution in [3.8, 4) is 0 Å². The van der Waals surface area contributed by atoms with E-state index < -0.39 is 27.5 Å². The Balaban J connectivity index is 2.42. The lowest BCUT2D eigenvalue weighted by Gasteiger charge is -2.20. The molecule has 21 heavy (non-hydrogen) atoms. The third kappa shape index (κ3) is 2.60. The molecule has 0 unspecified atom stereocenters. The standard InChI is InChI=1S/C12H11N3O5S/c1-7-10(16)11(17)12(18)15(14-7)8-3-5-9(6-4-8)21(19,20)13-2/h3-6,13H,1-2H3. The Bertz CT molecular complexity index is 765. The van der Waals surface area contributed by atoms with E-state index in [-0.39, 0.29) is 16.3 Å². The van der Waals surface area contributed by atoms with Crippen LogP contribution in [0.1, 0.15) is 6.92 Å². The zero-order valence-electron chi connectivity index (χ0n) is 11.2. The number of ketones is 2. The number of anilines is 1. The van der Waals surface area contributed by atoms with Crippen molar-refractivity contribution in [3.05, 3.63) is 24.3 Å². The van der Waals surface area contributed by atoms with E-state index >= 15 is 0 Å². The maximum atomic E-state index is 11.7. The smallest absolute Gasteiger partial charge is 0.283 e. The second-order valence-corrected chi connectivity index (χ2v) is 6.05. The van der Waals surface area contributed by atoms with Gasteiger partial charge in [0.2, 0.25) is 10.0 Å². The molecule has 1 aliphatic heterocycles. The summed E-state index contributed by atoms with van der Waals surface area (Å²) in [6.07, 6.45) is 0. The van der Waals surface area contributed by atoms with Gasteiger partial charge in [-0.3, -0.25) is 14.4 Å². The lowest BCUT2D eigenvalue weighted by molar-refractivity contribution is -0.142. The molecule has 0 saturated heterocycles. The van der Waals surface area contributed by atoms with E-state index in [1.807, 2.05) is 0 Å². The summed E-state index contributed by atoms with van der Waals surface area (Å²) >= 11 is 0. The minimum Gasteiger partial charge on any atom is -0.283 e. The Kier molecular flexibility index (Phi) is 3.71. The van der Waals surface area contributed by atoms with Gasteiger partial charge in [-0.2, -0.15) is 10.1 Å². The molecular formula is C12H11N3O5S. The molecule has 0 aromatic heterocycles. The summed E-state index contributed by atoms with van der Waals surface area (Å²) < 4.78 is 25.3. The van der Waals surface area contributed by atoms with Crippen LogP contribution in [0, 0.1) is 0 Å². The molecule has 0 saturated carbocycles. The molecule has 9 heteroatoms. The fourth-order valence-corrected chi connectivity index (χ4v) is 2.39. The second-order valence-electron chi connectivity index (χ2n) is 4.16. The third-order valence-corrected chi connectivity index (χ3v) is 4.26. The first kappa shape index (κ1) is 15.0. The molecule has 8 nitrogen and oxygen atoms in total. The number of benzene rings is 1. The minimum atomic E-state index is -3.60. The Morgan fingerprint density at radius 3 is 2.14 bits per heavy atom. The molecule has 0 spiro atoms. The van der Waals surface area contributed by atoms with Crippen LogP contribution >= 0.6 is 0 Å². The molecule has 110 valence electrons. The summed E-state index contributed by atoms with van der Waals surface area (Å²) in [5.74, 6) is -3.19. The lowest BCUT2D eigenvalue weighted by Crippen LogP contribution is -2.44. The predicted molar refractivity (Wildman–Crippen MR) is 73.3 cm³/mol. The molecule has 1 aromatic rings. The number of sulfonamides is 1. The van der Waals surface area contributed by atoms with Gasteiger partial charge in [0.15, 0.2) is 0 Å². The van der Waals surface area contributed by atoms with E-state index in [2.05, 4.69) is 9.82 Å². The summed E-state index contributed by atoms with van der Waals surface area (Å²) in [5.41, 5.74) is 0.0850. The van der Waals surface area contributed by atoms with Crippen LogP contribution in [0.5, 0.6) is 0 Å². The van der Waals surface area contributed by atoms with Crippen LogP contribution in [0.2, 0.25) is 0 Å². The largest absolute Gasteiger partial charge is 0.323 e. The van der Waals surface area contributed by atoms with Crippen molar-refractivity contribution >= 4 is 38.9 Å². The van der Waals surface area contributed by atoms with Crippen molar-refractivity contribution < 1.29 is 22.8 Å². The molecule has 0 bridgehead atoms. The van der Waals surface area contributed by atoms with Crippen molar-refractivity contribution in [3.63, 3.8) is 0 Å². The fourth-order valence-electron chi connectivity index (χ4n) is 1.66. The Labute approximate surface area is 120 Å². The number of nitrogens with zero attached hydrogens (tertiary/aromatic N) is 2. The van der Waals surface area contributed by atoms with Gasteiger partial charge in [-0.05, 0) is 38.2 Å². The quantitative estimate of drug-likeness (QED) is 0.753. The molecule has 0 aliphatic carbocycles. The topological polar surface area (TPSA) is 113 Å². The first-order valence-electron chi connectivity index (χ1n) is 5.80. The highest BCUT2D eigenvalue weighted by molar-refractivity contribution is 7.89. The first-order valence-corrected chi connectivity index (χ1v) is 7.28. The van der Waals surface area contributed by atoms with E-state index in [4.69, 9.17) is 0 Å². The zero-order chi connectivity index (χ0) is 15.8. The molecule has 0 radical (unpaired) electrons. The number of Topliss-reactive ketones (excluding diaryl/α,β-unsaturated/α-hetero) is 2. The van der Waals surface area contributed by atoms with Gasteiger partial charge in [0, 0.05) is 0 Å². The predicted octanol–water partition coefficient (Wildman–Crippen LogP) is -0.545. The normalized spacial score (nSPS) is 16.2. The highest BCUT2D eigenvalue weighted by Gasteiger charge is 2.35. The number of hydrazone groups is 1. The molecular weight excluding hydrogens is 298 g/mol. The van der Waals surface area contributed by atoms with Crippen LogP contribution in [0.15, 0.2) is 34.3 Å². The molecule has 1 heterocycles. The van der Waals surface area contributed by atoms with Gasteiger partial charge in [0.05, 0.1) is 10.6 Å². The Morgan fingerprint density at radius 1 is 1.05 bits per heavy atom. The van der Waals surface area contributed by atoms with Crippen LogP contribution in [-0.4, -0.2) is 38.7 Å². The van der Waals surface area contributed by atoms with E-state index in [1.165, 1.54) is 38.2 Å². The summed E-state index contributed by atoms with van der Waals surface area (Å²) in [6.45, 7) is 1.32. The Hall–Kier alpha value is -2.39. The number of rotatable bonds is 3. The van der Waals surface area contributed by atoms with Crippen LogP contribution in [0.25, 0.3) is 0 Å². The molecule has 0 fully saturated rings. The molecule has 2 rings (SSSR count). The summed E-state index contributed by atoms with van der Waals surface area (Å²) in [5, 5.41) is 4.51. The van der Waals surface area contributed by atoms with E-state index in [0.717, 1.165) is 5.01 Å². The number of hydrogen-bond donors (Lipinski definition) is 1. The SMILES string of the molecule is CNS(=O)(=O)c1ccc(N2N=C(C)C(=O)C(=O)C2=O)cc1. The van der Waals surface area contributed by atoms with Crippen LogP contribution in [0.4, 0.5) is 5.69 Å². The first-order chi connectivity index (χ1) is 9.77. The maximum Gasteiger partial charge on any atom is 0.323 e. The number of carbonyl (C=O) groups is 3. The van der Waals surface area contributed by atoms with Crippen molar-refractivity contribution in [2.45, 2.75) is 11.8 Å². The summed E-state index contributed by atoms with van der Waals surface area (Å²) in [4.78, 5) is 34.5. The number of amides is 1. The van der Waals surface area contributed by atoms with E-state index in [1.54, 1.807) is 0 Å². The monoisotopic (exact) mass is 309 g/mol. The van der Waals surface area contributed by atoms with Crippen molar-refractivity contribution in [2.24, 2.45) is 5.10 Å². The molecule has 0 atom stereocenters. The second kappa shape index (κ2) is 5.19. The van der Waals surface area contributed by atoms with Gasteiger partial charge in [0.25, 0.3) is 11.6 Å². The van der Waals surface area contributed by atoms with Gasteiger partial charge < -0.3 is 0 Å². The van der Waals surface area contributed by atoms with Crippen molar-refractivity contribution in [2.75, 3.05) is 12.1 Å². The zero-order valence-corrected chi connectivity index (χ0v) is 12.0. The third-order valence-electron chi connectivity index (χ3n) is 2.83. The van der Waals surface area contributed by atoms with Crippen LogP contribution in [0.3, 0.4) is 0 Å². The summed E-state index contributed by atoms with van der Waals surface area (Å²) in [6, 6.07) is 5.17. The minimum absolute atomic E-state index is 0.00122. The van der Waals surface area contributed by atoms with Crippen LogP contribution in [-0.2, 0) is 24.4 Å². The Morgan fingerprint density at radius 2 is 1.62 bits per heavy atom. The maximum absolute atomic E-state index is 11.7. The molecule has 1 N–H and O–H groups in total. The molecule has 1 amide bonds. The van der Waals surface area contributed by atoms with Gasteiger partial charge >= 0.3 is 5.91 Å².